The minimum Gasteiger partial charge on any atom is -0.316 e. The molecule has 0 saturated carbocycles. The molecule has 0 aliphatic rings. The molecule has 0 spiro atoms. The highest BCUT2D eigenvalue weighted by Gasteiger charge is 2.20. The molecule has 12 rings (SSSR count). The van der Waals surface area contributed by atoms with Crippen LogP contribution in [0, 0.1) is 0 Å². The fraction of sp³-hybridized carbons (Fsp3) is 0. The van der Waals surface area contributed by atoms with E-state index in [0.717, 1.165) is 39.0 Å². The number of hydrogen-bond acceptors (Lipinski definition) is 6. The summed E-state index contributed by atoms with van der Waals surface area (Å²) in [5.41, 5.74) is 7.36. The van der Waals surface area contributed by atoms with Gasteiger partial charge in [0.05, 0.1) is 5.52 Å². The van der Waals surface area contributed by atoms with Gasteiger partial charge in [-0.1, -0.05) is 109 Å². The average Bonchev–Trinajstić information content (AvgIpc) is 3.99. The molecule has 0 N–H and O–H groups in total. The lowest BCUT2D eigenvalue weighted by molar-refractivity contribution is 1.08. The van der Waals surface area contributed by atoms with Crippen molar-refractivity contribution in [1.82, 2.24) is 24.5 Å². The quantitative estimate of drug-likeness (QED) is 0.175. The third-order valence-corrected chi connectivity index (χ3v) is 13.4. The molecule has 0 aliphatic carbocycles. The number of thiophene rings is 2. The summed E-state index contributed by atoms with van der Waals surface area (Å²) in [5.74, 6) is 1.96. The Bertz CT molecular complexity index is 3410. The monoisotopic (exact) mass is 763 g/mol. The van der Waals surface area contributed by atoms with Crippen molar-refractivity contribution >= 4 is 84.7 Å². The highest BCUT2D eigenvalue weighted by Crippen LogP contribution is 2.43. The molecule has 266 valence electrons. The van der Waals surface area contributed by atoms with Crippen molar-refractivity contribution in [1.29, 1.82) is 0 Å². The lowest BCUT2D eigenvalue weighted by Crippen LogP contribution is -2.00. The van der Waals surface area contributed by atoms with E-state index < -0.39 is 0 Å². The van der Waals surface area contributed by atoms with Gasteiger partial charge in [-0.15, -0.1) is 22.7 Å². The van der Waals surface area contributed by atoms with Crippen molar-refractivity contribution < 1.29 is 0 Å². The third kappa shape index (κ3) is 5.13. The molecule has 5 nitrogen and oxygen atoms in total. The van der Waals surface area contributed by atoms with Gasteiger partial charge < -0.3 is 4.57 Å². The van der Waals surface area contributed by atoms with Gasteiger partial charge in [0.2, 0.25) is 0 Å². The second-order valence-corrected chi connectivity index (χ2v) is 16.4. The molecule has 7 heteroatoms. The second kappa shape index (κ2) is 12.7. The summed E-state index contributed by atoms with van der Waals surface area (Å²) in [6, 6.07) is 56.0. The van der Waals surface area contributed by atoms with Crippen LogP contribution < -0.4 is 0 Å². The molecular formula is C50H29N5S2. The van der Waals surface area contributed by atoms with Crippen LogP contribution in [0.25, 0.3) is 113 Å². The molecule has 0 atom stereocenters. The number of pyridine rings is 1. The zero-order valence-corrected chi connectivity index (χ0v) is 31.9. The first-order valence-corrected chi connectivity index (χ1v) is 20.5. The molecule has 7 aromatic carbocycles. The Morgan fingerprint density at radius 3 is 1.67 bits per heavy atom. The van der Waals surface area contributed by atoms with Crippen LogP contribution in [0.3, 0.4) is 0 Å². The SMILES string of the molecule is c1cc(-c2nc(-c3cccc4c3sc3ccccc34)nc(-c3cccc4c3sc3ccccc34)n2)cc(-c2cn(-c3ccncc3)c3ccc4ccccc4c23)c1. The first-order valence-electron chi connectivity index (χ1n) is 18.9. The highest BCUT2D eigenvalue weighted by atomic mass is 32.1. The maximum Gasteiger partial charge on any atom is 0.165 e. The van der Waals surface area contributed by atoms with Gasteiger partial charge in [0.25, 0.3) is 0 Å². The number of nitrogens with zero attached hydrogens (tertiary/aromatic N) is 5. The first kappa shape index (κ1) is 32.2. The molecule has 0 bridgehead atoms. The fourth-order valence-corrected chi connectivity index (χ4v) is 10.8. The molecule has 12 aromatic rings. The van der Waals surface area contributed by atoms with Gasteiger partial charge in [-0.25, -0.2) is 15.0 Å². The Hall–Kier alpha value is -7.06. The van der Waals surface area contributed by atoms with E-state index in [-0.39, 0.29) is 0 Å². The predicted octanol–water partition coefficient (Wildman–Crippen LogP) is 13.8. The summed E-state index contributed by atoms with van der Waals surface area (Å²) >= 11 is 3.58. The second-order valence-electron chi connectivity index (χ2n) is 14.2. The molecular weight excluding hydrogens is 735 g/mol. The van der Waals surface area contributed by atoms with E-state index in [1.165, 1.54) is 56.5 Å². The summed E-state index contributed by atoms with van der Waals surface area (Å²) in [5, 5.41) is 8.52. The zero-order chi connectivity index (χ0) is 37.5. The van der Waals surface area contributed by atoms with Crippen LogP contribution in [0.1, 0.15) is 0 Å². The number of fused-ring (bicyclic) bond motifs is 9. The van der Waals surface area contributed by atoms with E-state index in [0.29, 0.717) is 17.5 Å². The van der Waals surface area contributed by atoms with Gasteiger partial charge in [-0.2, -0.15) is 0 Å². The molecule has 0 saturated heterocycles. The largest absolute Gasteiger partial charge is 0.316 e. The standard InChI is InChI=1S/C50H29N5S2/c1-2-13-34-30(10-1)22-23-42-45(34)41(29-55(42)33-24-26-51-27-25-33)31-11-7-12-32(28-31)48-52-49(39-18-8-16-37-35-14-3-5-20-43(35)56-46(37)39)54-50(53-48)40-19-9-17-38-36-15-4-6-21-44(36)57-47(38)40/h1-29H. The van der Waals surface area contributed by atoms with E-state index in [4.69, 9.17) is 15.0 Å². The van der Waals surface area contributed by atoms with Gasteiger partial charge in [0.15, 0.2) is 17.5 Å². The molecule has 5 aromatic heterocycles. The van der Waals surface area contributed by atoms with Crippen LogP contribution in [-0.4, -0.2) is 24.5 Å². The molecule has 0 aliphatic heterocycles. The summed E-state index contributed by atoms with van der Waals surface area (Å²) in [7, 11) is 0. The summed E-state index contributed by atoms with van der Waals surface area (Å²) < 4.78 is 7.10. The lowest BCUT2D eigenvalue weighted by atomic mass is 9.98. The van der Waals surface area contributed by atoms with Crippen LogP contribution in [0.15, 0.2) is 176 Å². The summed E-state index contributed by atoms with van der Waals surface area (Å²) in [6.07, 6.45) is 5.94. The minimum atomic E-state index is 0.635. The molecule has 0 fully saturated rings. The van der Waals surface area contributed by atoms with Gasteiger partial charge in [-0.3, -0.25) is 4.98 Å². The van der Waals surface area contributed by atoms with Gasteiger partial charge in [-0.05, 0) is 64.9 Å². The maximum atomic E-state index is 5.32. The highest BCUT2D eigenvalue weighted by molar-refractivity contribution is 7.26. The van der Waals surface area contributed by atoms with Gasteiger partial charge in [0.1, 0.15) is 0 Å². The first-order chi connectivity index (χ1) is 28.2. The Morgan fingerprint density at radius 2 is 0.982 bits per heavy atom. The van der Waals surface area contributed by atoms with Crippen LogP contribution in [0.2, 0.25) is 0 Å². The normalized spacial score (nSPS) is 11.9. The van der Waals surface area contributed by atoms with Crippen LogP contribution in [-0.2, 0) is 0 Å². The van der Waals surface area contributed by atoms with Crippen LogP contribution >= 0.6 is 22.7 Å². The Kier molecular flexibility index (Phi) is 7.20. The third-order valence-electron chi connectivity index (χ3n) is 11.0. The average molecular weight is 764 g/mol. The van der Waals surface area contributed by atoms with E-state index in [9.17, 15) is 0 Å². The molecule has 0 unspecified atom stereocenters. The zero-order valence-electron chi connectivity index (χ0n) is 30.3. The van der Waals surface area contributed by atoms with Gasteiger partial charge >= 0.3 is 0 Å². The molecule has 0 amide bonds. The summed E-state index contributed by atoms with van der Waals surface area (Å²) in [4.78, 5) is 20.2. The van der Waals surface area contributed by atoms with Crippen molar-refractivity contribution in [2.75, 3.05) is 0 Å². The number of benzene rings is 7. The fourth-order valence-electron chi connectivity index (χ4n) is 8.36. The van der Waals surface area contributed by atoms with E-state index in [2.05, 4.69) is 173 Å². The van der Waals surface area contributed by atoms with Crippen molar-refractivity contribution in [3.63, 3.8) is 0 Å². The topological polar surface area (TPSA) is 56.5 Å². The van der Waals surface area contributed by atoms with Crippen molar-refractivity contribution in [3.05, 3.63) is 176 Å². The molecule has 5 heterocycles. The van der Waals surface area contributed by atoms with Crippen molar-refractivity contribution in [2.45, 2.75) is 0 Å². The Balaban J connectivity index is 1.10. The van der Waals surface area contributed by atoms with Crippen molar-refractivity contribution in [2.24, 2.45) is 0 Å². The van der Waals surface area contributed by atoms with Crippen molar-refractivity contribution in [3.8, 4) is 51.0 Å². The maximum absolute atomic E-state index is 5.32. The minimum absolute atomic E-state index is 0.635. The van der Waals surface area contributed by atoms with E-state index in [1.807, 2.05) is 12.4 Å². The Morgan fingerprint density at radius 1 is 0.421 bits per heavy atom. The predicted molar refractivity (Wildman–Crippen MR) is 239 cm³/mol. The molecule has 0 radical (unpaired) electrons. The molecule has 57 heavy (non-hydrogen) atoms. The lowest BCUT2D eigenvalue weighted by Gasteiger charge is -2.11. The van der Waals surface area contributed by atoms with Crippen LogP contribution in [0.5, 0.6) is 0 Å². The summed E-state index contributed by atoms with van der Waals surface area (Å²) in [6.45, 7) is 0. The smallest absolute Gasteiger partial charge is 0.165 e. The van der Waals surface area contributed by atoms with E-state index >= 15 is 0 Å². The number of hydrogen-bond donors (Lipinski definition) is 0. The van der Waals surface area contributed by atoms with Crippen LogP contribution in [0.4, 0.5) is 0 Å². The Labute approximate surface area is 334 Å². The number of rotatable bonds is 5. The van der Waals surface area contributed by atoms with E-state index in [1.54, 1.807) is 22.7 Å². The number of aromatic nitrogens is 5. The van der Waals surface area contributed by atoms with Gasteiger partial charge in [0, 0.05) is 92.3 Å².